The van der Waals surface area contributed by atoms with E-state index in [0.29, 0.717) is 0 Å². The van der Waals surface area contributed by atoms with Crippen molar-refractivity contribution in [1.82, 2.24) is 0 Å². The zero-order valence-electron chi connectivity index (χ0n) is 7.47. The average molecular weight is 225 g/mol. The van der Waals surface area contributed by atoms with E-state index in [-0.39, 0.29) is 32.3 Å². The summed E-state index contributed by atoms with van der Waals surface area (Å²) < 4.78 is 0. The van der Waals surface area contributed by atoms with Gasteiger partial charge in [0.2, 0.25) is 0 Å². The van der Waals surface area contributed by atoms with Crippen molar-refractivity contribution in [2.24, 2.45) is 0 Å². The molecule has 0 unspecified atom stereocenters. The first-order valence-electron chi connectivity index (χ1n) is 3.14. The summed E-state index contributed by atoms with van der Waals surface area (Å²) in [5.74, 6) is 0. The van der Waals surface area contributed by atoms with Crippen molar-refractivity contribution in [2.45, 2.75) is 46.3 Å². The van der Waals surface area contributed by atoms with Crippen LogP contribution >= 0.6 is 0 Å². The molecule has 2 nitrogen and oxygen atoms in total. The Bertz CT molecular complexity index is 48.4. The van der Waals surface area contributed by atoms with Gasteiger partial charge in [-0.25, -0.2) is 0 Å². The van der Waals surface area contributed by atoms with E-state index in [0.717, 1.165) is 0 Å². The Kier molecular flexibility index (Phi) is 13.5. The Labute approximate surface area is 82.8 Å². The Balaban J connectivity index is -0.0000000910. The van der Waals surface area contributed by atoms with Gasteiger partial charge in [0.15, 0.2) is 0 Å². The minimum absolute atomic E-state index is 0. The van der Waals surface area contributed by atoms with Gasteiger partial charge in [-0.2, -0.15) is 0 Å². The predicted octanol–water partition coefficient (Wildman–Crippen LogP) is 1.16. The van der Waals surface area contributed by atoms with Gasteiger partial charge in [0, 0.05) is 32.3 Å². The Morgan fingerprint density at radius 3 is 1.10 bits per heavy atom. The topological polar surface area (TPSA) is 40.5 Å². The summed E-state index contributed by atoms with van der Waals surface area (Å²) in [5, 5.41) is 16.6. The van der Waals surface area contributed by atoms with Crippen molar-refractivity contribution in [1.29, 1.82) is 0 Å². The predicted molar refractivity (Wildman–Crippen MR) is 39.3 cm³/mol. The number of hydrogen-bond acceptors (Lipinski definition) is 2. The maximum absolute atomic E-state index is 8.52. The van der Waals surface area contributed by atoms with Crippen molar-refractivity contribution >= 4 is 0 Å². The van der Waals surface area contributed by atoms with Crippen molar-refractivity contribution in [3.8, 4) is 0 Å². The third-order valence-corrected chi connectivity index (χ3v) is 0. The Morgan fingerprint density at radius 2 is 1.10 bits per heavy atom. The van der Waals surface area contributed by atoms with Crippen molar-refractivity contribution in [2.75, 3.05) is 0 Å². The van der Waals surface area contributed by atoms with Gasteiger partial charge in [-0.05, 0) is 34.6 Å². The molecule has 2 N–H and O–H groups in total. The molecule has 0 saturated heterocycles. The smallest absolute Gasteiger partial charge is 0.0563 e. The molecule has 0 spiro atoms. The fourth-order valence-corrected chi connectivity index (χ4v) is 0. The normalized spacial score (nSPS) is 9.60. The first-order chi connectivity index (χ1) is 3.73. The van der Waals surface area contributed by atoms with Gasteiger partial charge < -0.3 is 10.2 Å². The zero-order chi connectivity index (χ0) is 8.08. The summed E-state index contributed by atoms with van der Waals surface area (Å²) in [6, 6.07) is 0. The Morgan fingerprint density at radius 1 is 1.10 bits per heavy atom. The first kappa shape index (κ1) is 17.1. The Hall–Kier alpha value is 0.803. The number of aliphatic hydroxyl groups is 2. The SMILES string of the molecule is CC(C)(C)O.CC(C)O.[Zr]. The summed E-state index contributed by atoms with van der Waals surface area (Å²) in [4.78, 5) is 0. The van der Waals surface area contributed by atoms with E-state index < -0.39 is 5.60 Å². The van der Waals surface area contributed by atoms with Gasteiger partial charge in [0.05, 0.1) is 5.60 Å². The largest absolute Gasteiger partial charge is 0.394 e. The third kappa shape index (κ3) is 831. The molecule has 62 valence electrons. The van der Waals surface area contributed by atoms with Crippen LogP contribution in [0.3, 0.4) is 0 Å². The second kappa shape index (κ2) is 7.91. The molecule has 0 fully saturated rings. The minimum Gasteiger partial charge on any atom is -0.394 e. The van der Waals surface area contributed by atoms with Crippen LogP contribution in [0.25, 0.3) is 0 Å². The molecule has 0 aromatic rings. The molecule has 0 rings (SSSR count). The zero-order valence-corrected chi connectivity index (χ0v) is 9.93. The van der Waals surface area contributed by atoms with Gasteiger partial charge in [-0.1, -0.05) is 0 Å². The van der Waals surface area contributed by atoms with Gasteiger partial charge in [-0.15, -0.1) is 0 Å². The van der Waals surface area contributed by atoms with Crippen molar-refractivity contribution in [3.05, 3.63) is 0 Å². The van der Waals surface area contributed by atoms with E-state index >= 15 is 0 Å². The molecule has 0 aliphatic heterocycles. The quantitative estimate of drug-likeness (QED) is 0.649. The van der Waals surface area contributed by atoms with E-state index in [1.165, 1.54) is 0 Å². The van der Waals surface area contributed by atoms with Gasteiger partial charge in [-0.3, -0.25) is 0 Å². The molecule has 0 bridgehead atoms. The van der Waals surface area contributed by atoms with Crippen molar-refractivity contribution < 1.29 is 36.4 Å². The molecule has 0 atom stereocenters. The van der Waals surface area contributed by atoms with E-state index in [2.05, 4.69) is 0 Å². The van der Waals surface area contributed by atoms with Crippen LogP contribution in [0.5, 0.6) is 0 Å². The summed E-state index contributed by atoms with van der Waals surface area (Å²) in [5.41, 5.74) is -0.500. The average Bonchev–Trinajstić information content (AvgIpc) is 1.19. The van der Waals surface area contributed by atoms with E-state index in [1.54, 1.807) is 34.6 Å². The van der Waals surface area contributed by atoms with Crippen LogP contribution in [0.2, 0.25) is 0 Å². The molecule has 0 amide bonds. The summed E-state index contributed by atoms with van der Waals surface area (Å²) >= 11 is 0. The van der Waals surface area contributed by atoms with Crippen LogP contribution in [-0.4, -0.2) is 21.9 Å². The summed E-state index contributed by atoms with van der Waals surface area (Å²) in [6.07, 6.45) is -0.167. The molecule has 0 heterocycles. The maximum Gasteiger partial charge on any atom is 0.0563 e. The second-order valence-corrected chi connectivity index (χ2v) is 3.26. The first-order valence-corrected chi connectivity index (χ1v) is 3.14. The van der Waals surface area contributed by atoms with Gasteiger partial charge in [0.1, 0.15) is 0 Å². The summed E-state index contributed by atoms with van der Waals surface area (Å²) in [7, 11) is 0. The van der Waals surface area contributed by atoms with Gasteiger partial charge in [0.25, 0.3) is 0 Å². The number of hydrogen-bond donors (Lipinski definition) is 2. The molecular weight excluding hydrogens is 207 g/mol. The molecule has 0 aliphatic carbocycles. The van der Waals surface area contributed by atoms with E-state index in [4.69, 9.17) is 10.2 Å². The standard InChI is InChI=1S/C4H10O.C3H8O.Zr/c1-4(2,3)5;1-3(2)4;/h5H,1-3H3;3-4H,1-2H3;. The second-order valence-electron chi connectivity index (χ2n) is 3.26. The van der Waals surface area contributed by atoms with Crippen LogP contribution in [0.1, 0.15) is 34.6 Å². The molecule has 0 aliphatic rings. The molecule has 10 heavy (non-hydrogen) atoms. The molecule has 3 heteroatoms. The van der Waals surface area contributed by atoms with E-state index in [1.807, 2.05) is 0 Å². The molecule has 0 radical (unpaired) electrons. The summed E-state index contributed by atoms with van der Waals surface area (Å²) in [6.45, 7) is 8.67. The minimum atomic E-state index is -0.500. The van der Waals surface area contributed by atoms with Crippen LogP contribution in [0.15, 0.2) is 0 Å². The van der Waals surface area contributed by atoms with Gasteiger partial charge >= 0.3 is 0 Å². The molecular formula is C7H18O2Zr. The molecule has 0 aromatic carbocycles. The van der Waals surface area contributed by atoms with Crippen LogP contribution in [0, 0.1) is 0 Å². The fourth-order valence-electron chi connectivity index (χ4n) is 0. The third-order valence-electron chi connectivity index (χ3n) is 0. The number of rotatable bonds is 0. The fraction of sp³-hybridized carbons (Fsp3) is 1.00. The monoisotopic (exact) mass is 224 g/mol. The van der Waals surface area contributed by atoms with Crippen LogP contribution in [0.4, 0.5) is 0 Å². The van der Waals surface area contributed by atoms with Crippen LogP contribution < -0.4 is 0 Å². The number of aliphatic hydroxyl groups excluding tert-OH is 1. The molecule has 0 saturated carbocycles. The maximum atomic E-state index is 8.52. The van der Waals surface area contributed by atoms with Crippen molar-refractivity contribution in [3.63, 3.8) is 0 Å². The van der Waals surface area contributed by atoms with E-state index in [9.17, 15) is 0 Å². The molecule has 0 aromatic heterocycles. The van der Waals surface area contributed by atoms with Crippen LogP contribution in [-0.2, 0) is 26.2 Å².